The van der Waals surface area contributed by atoms with Gasteiger partial charge in [-0.05, 0) is 24.6 Å². The van der Waals surface area contributed by atoms with Gasteiger partial charge in [-0.25, -0.2) is 0 Å². The number of hydrogen-bond donors (Lipinski definition) is 1. The summed E-state index contributed by atoms with van der Waals surface area (Å²) in [4.78, 5) is 11.3. The molecule has 0 saturated heterocycles. The Morgan fingerprint density at radius 2 is 2.06 bits per heavy atom. The third-order valence-electron chi connectivity index (χ3n) is 2.03. The highest BCUT2D eigenvalue weighted by Gasteiger charge is 2.06. The fraction of sp³-hybridized carbons (Fsp3) is 0.364. The Labute approximate surface area is 113 Å². The third-order valence-corrected chi connectivity index (χ3v) is 4.21. The van der Waals surface area contributed by atoms with Crippen LogP contribution in [0, 0.1) is 0 Å². The predicted octanol–water partition coefficient (Wildman–Crippen LogP) is 2.63. The fourth-order valence-corrected chi connectivity index (χ4v) is 2.68. The highest BCUT2D eigenvalue weighted by atomic mass is 35.5. The summed E-state index contributed by atoms with van der Waals surface area (Å²) >= 11 is 11.6. The first-order valence-corrected chi connectivity index (χ1v) is 7.16. The van der Waals surface area contributed by atoms with Gasteiger partial charge in [0.25, 0.3) is 0 Å². The normalized spacial score (nSPS) is 12.2. The molecule has 1 atom stereocenters. The van der Waals surface area contributed by atoms with Gasteiger partial charge in [0.1, 0.15) is 0 Å². The van der Waals surface area contributed by atoms with E-state index >= 15 is 0 Å². The van der Waals surface area contributed by atoms with Gasteiger partial charge in [-0.3, -0.25) is 9.00 Å². The summed E-state index contributed by atoms with van der Waals surface area (Å²) < 4.78 is 11.8. The minimum absolute atomic E-state index is 0.0784. The Morgan fingerprint density at radius 1 is 1.35 bits per heavy atom. The van der Waals surface area contributed by atoms with Crippen molar-refractivity contribution >= 4 is 39.9 Å². The van der Waals surface area contributed by atoms with E-state index in [1.807, 2.05) is 0 Å². The molecule has 0 heterocycles. The number of rotatable bonds is 5. The Hall–Kier alpha value is -0.580. The lowest BCUT2D eigenvalue weighted by molar-refractivity contribution is -0.118. The van der Waals surface area contributed by atoms with Crippen LogP contribution >= 0.6 is 23.2 Å². The molecule has 1 unspecified atom stereocenters. The van der Waals surface area contributed by atoms with Crippen LogP contribution < -0.4 is 5.32 Å². The van der Waals surface area contributed by atoms with Gasteiger partial charge in [0.15, 0.2) is 0 Å². The molecule has 0 aliphatic heterocycles. The number of hydrogen-bond acceptors (Lipinski definition) is 2. The SMILES string of the molecule is CC(=O)NCCCS(=O)c1ccc(Cl)c(Cl)c1. The second kappa shape index (κ2) is 6.99. The number of carbonyl (C=O) groups is 1. The zero-order chi connectivity index (χ0) is 12.8. The van der Waals surface area contributed by atoms with Gasteiger partial charge >= 0.3 is 0 Å². The van der Waals surface area contributed by atoms with Crippen molar-refractivity contribution in [3.63, 3.8) is 0 Å². The van der Waals surface area contributed by atoms with Gasteiger partial charge in [0.2, 0.25) is 5.91 Å². The molecule has 0 saturated carbocycles. The zero-order valence-electron chi connectivity index (χ0n) is 9.33. The Balaban J connectivity index is 2.47. The molecule has 1 N–H and O–H groups in total. The van der Waals surface area contributed by atoms with Crippen LogP contribution in [0.1, 0.15) is 13.3 Å². The smallest absolute Gasteiger partial charge is 0.216 e. The molecule has 1 amide bonds. The lowest BCUT2D eigenvalue weighted by Gasteiger charge is -2.04. The Bertz CT molecular complexity index is 437. The Morgan fingerprint density at radius 3 is 2.65 bits per heavy atom. The van der Waals surface area contributed by atoms with Crippen molar-refractivity contribution in [2.75, 3.05) is 12.3 Å². The third kappa shape index (κ3) is 5.06. The second-order valence-corrected chi connectivity index (χ2v) is 5.85. The number of nitrogens with one attached hydrogen (secondary N) is 1. The average Bonchev–Trinajstić information content (AvgIpc) is 2.27. The minimum atomic E-state index is -1.11. The van der Waals surface area contributed by atoms with Crippen molar-refractivity contribution in [3.8, 4) is 0 Å². The molecular formula is C11H13Cl2NO2S. The zero-order valence-corrected chi connectivity index (χ0v) is 11.7. The van der Waals surface area contributed by atoms with Crippen molar-refractivity contribution in [1.82, 2.24) is 5.32 Å². The summed E-state index contributed by atoms with van der Waals surface area (Å²) in [6.07, 6.45) is 0.659. The van der Waals surface area contributed by atoms with Crippen LogP contribution in [0.4, 0.5) is 0 Å². The van der Waals surface area contributed by atoms with Crippen LogP contribution in [0.2, 0.25) is 10.0 Å². The lowest BCUT2D eigenvalue weighted by atomic mass is 10.4. The van der Waals surface area contributed by atoms with E-state index in [0.29, 0.717) is 33.7 Å². The van der Waals surface area contributed by atoms with Crippen LogP contribution in [0.5, 0.6) is 0 Å². The van der Waals surface area contributed by atoms with E-state index in [1.165, 1.54) is 6.92 Å². The quantitative estimate of drug-likeness (QED) is 0.849. The molecule has 94 valence electrons. The maximum absolute atomic E-state index is 11.8. The molecule has 1 aromatic rings. The van der Waals surface area contributed by atoms with Gasteiger partial charge in [-0.2, -0.15) is 0 Å². The summed E-state index contributed by atoms with van der Waals surface area (Å²) in [5.41, 5.74) is 0. The van der Waals surface area contributed by atoms with E-state index in [2.05, 4.69) is 5.32 Å². The first kappa shape index (κ1) is 14.5. The molecule has 0 bridgehead atoms. The molecule has 0 aromatic heterocycles. The molecule has 0 aliphatic rings. The van der Waals surface area contributed by atoms with Crippen LogP contribution in [-0.2, 0) is 15.6 Å². The summed E-state index contributed by atoms with van der Waals surface area (Å²) in [5.74, 6) is 0.406. The van der Waals surface area contributed by atoms with Gasteiger partial charge in [-0.15, -0.1) is 0 Å². The summed E-state index contributed by atoms with van der Waals surface area (Å²) in [5, 5.41) is 3.50. The van der Waals surface area contributed by atoms with E-state index in [1.54, 1.807) is 18.2 Å². The van der Waals surface area contributed by atoms with E-state index in [4.69, 9.17) is 23.2 Å². The molecular weight excluding hydrogens is 281 g/mol. The monoisotopic (exact) mass is 293 g/mol. The fourth-order valence-electron chi connectivity index (χ4n) is 1.20. The maximum Gasteiger partial charge on any atom is 0.216 e. The van der Waals surface area contributed by atoms with E-state index in [9.17, 15) is 9.00 Å². The van der Waals surface area contributed by atoms with Crippen LogP contribution in [0.25, 0.3) is 0 Å². The van der Waals surface area contributed by atoms with Gasteiger partial charge < -0.3 is 5.32 Å². The van der Waals surface area contributed by atoms with Crippen LogP contribution in [0.3, 0.4) is 0 Å². The largest absolute Gasteiger partial charge is 0.356 e. The standard InChI is InChI=1S/C11H13Cl2NO2S/c1-8(15)14-5-2-6-17(16)9-3-4-10(12)11(13)7-9/h3-4,7H,2,5-6H2,1H3,(H,14,15). The van der Waals surface area contributed by atoms with Crippen molar-refractivity contribution < 1.29 is 9.00 Å². The summed E-state index contributed by atoms with van der Waals surface area (Å²) in [7, 11) is -1.11. The van der Waals surface area contributed by atoms with Crippen LogP contribution in [0.15, 0.2) is 23.1 Å². The molecule has 6 heteroatoms. The summed E-state index contributed by atoms with van der Waals surface area (Å²) in [6, 6.07) is 4.94. The van der Waals surface area contributed by atoms with E-state index < -0.39 is 10.8 Å². The number of amides is 1. The Kier molecular flexibility index (Phi) is 5.95. The van der Waals surface area contributed by atoms with Crippen LogP contribution in [-0.4, -0.2) is 22.4 Å². The maximum atomic E-state index is 11.8. The predicted molar refractivity (Wildman–Crippen MR) is 71.0 cm³/mol. The molecule has 1 rings (SSSR count). The number of benzene rings is 1. The topological polar surface area (TPSA) is 46.2 Å². The van der Waals surface area contributed by atoms with E-state index in [-0.39, 0.29) is 5.91 Å². The number of carbonyl (C=O) groups excluding carboxylic acids is 1. The first-order chi connectivity index (χ1) is 8.00. The molecule has 0 spiro atoms. The highest BCUT2D eigenvalue weighted by molar-refractivity contribution is 7.85. The molecule has 0 aliphatic carbocycles. The molecule has 0 radical (unpaired) electrons. The van der Waals surface area contributed by atoms with Crippen molar-refractivity contribution in [3.05, 3.63) is 28.2 Å². The second-order valence-electron chi connectivity index (χ2n) is 3.46. The molecule has 3 nitrogen and oxygen atoms in total. The molecule has 1 aromatic carbocycles. The van der Waals surface area contributed by atoms with Crippen molar-refractivity contribution in [1.29, 1.82) is 0 Å². The van der Waals surface area contributed by atoms with Gasteiger partial charge in [0.05, 0.1) is 20.8 Å². The first-order valence-electron chi connectivity index (χ1n) is 5.08. The van der Waals surface area contributed by atoms with Gasteiger partial charge in [0, 0.05) is 24.1 Å². The van der Waals surface area contributed by atoms with E-state index in [0.717, 1.165) is 0 Å². The van der Waals surface area contributed by atoms with Crippen molar-refractivity contribution in [2.45, 2.75) is 18.2 Å². The molecule has 0 fully saturated rings. The highest BCUT2D eigenvalue weighted by Crippen LogP contribution is 2.24. The lowest BCUT2D eigenvalue weighted by Crippen LogP contribution is -2.22. The minimum Gasteiger partial charge on any atom is -0.356 e. The summed E-state index contributed by atoms with van der Waals surface area (Å²) in [6.45, 7) is 1.98. The average molecular weight is 294 g/mol. The number of halogens is 2. The van der Waals surface area contributed by atoms with Gasteiger partial charge in [-0.1, -0.05) is 23.2 Å². The molecule has 17 heavy (non-hydrogen) atoms. The van der Waals surface area contributed by atoms with Crippen molar-refractivity contribution in [2.24, 2.45) is 0 Å².